The molecule has 4 nitrogen and oxygen atoms in total. The van der Waals surface area contributed by atoms with Crippen molar-refractivity contribution in [3.05, 3.63) is 10.4 Å². The second kappa shape index (κ2) is 4.92. The minimum Gasteiger partial charge on any atom is -0.397 e. The van der Waals surface area contributed by atoms with Gasteiger partial charge in [-0.2, -0.15) is 13.2 Å². The molecule has 19 heavy (non-hydrogen) atoms. The number of nitrogens with two attached hydrogens (primary N) is 1. The van der Waals surface area contributed by atoms with Gasteiger partial charge >= 0.3 is 6.18 Å². The summed E-state index contributed by atoms with van der Waals surface area (Å²) in [5.74, 6) is -0.199. The van der Waals surface area contributed by atoms with E-state index in [4.69, 9.17) is 5.73 Å². The Morgan fingerprint density at radius 1 is 1.47 bits per heavy atom. The smallest absolute Gasteiger partial charge is 0.397 e. The van der Waals surface area contributed by atoms with Crippen LogP contribution < -0.4 is 16.4 Å². The summed E-state index contributed by atoms with van der Waals surface area (Å²) in [6.45, 7) is -1.13. The van der Waals surface area contributed by atoms with Crippen LogP contribution in [-0.2, 0) is 0 Å². The zero-order valence-electron chi connectivity index (χ0n) is 10.2. The molecule has 8 heteroatoms. The topological polar surface area (TPSA) is 67.2 Å². The highest BCUT2D eigenvalue weighted by atomic mass is 32.1. The maximum absolute atomic E-state index is 12.3. The first kappa shape index (κ1) is 14.0. The molecule has 0 aromatic carbocycles. The number of carbonyl (C=O) groups is 1. The molecule has 1 amide bonds. The van der Waals surface area contributed by atoms with Crippen LogP contribution in [0.4, 0.5) is 23.9 Å². The van der Waals surface area contributed by atoms with Gasteiger partial charge in [0.05, 0.1) is 10.7 Å². The van der Waals surface area contributed by atoms with E-state index in [2.05, 4.69) is 10.6 Å². The Kier molecular flexibility index (Phi) is 3.62. The molecule has 1 fully saturated rings. The summed E-state index contributed by atoms with van der Waals surface area (Å²) < 4.78 is 36.8. The van der Waals surface area contributed by atoms with E-state index < -0.39 is 12.7 Å². The van der Waals surface area contributed by atoms with Crippen molar-refractivity contribution in [3.63, 3.8) is 0 Å². The van der Waals surface area contributed by atoms with Crippen LogP contribution in [-0.4, -0.2) is 25.7 Å². The van der Waals surface area contributed by atoms with Crippen LogP contribution in [0.2, 0.25) is 0 Å². The molecular weight excluding hydrogens is 279 g/mol. The SMILES string of the molecule is CNC(=O)c1sc(NCC(F)(F)F)c(C2CC2)c1N. The first-order chi connectivity index (χ1) is 8.83. The Hall–Kier alpha value is -1.44. The van der Waals surface area contributed by atoms with Crippen molar-refractivity contribution in [2.24, 2.45) is 0 Å². The number of hydrogen-bond donors (Lipinski definition) is 3. The van der Waals surface area contributed by atoms with Gasteiger partial charge < -0.3 is 16.4 Å². The molecule has 0 unspecified atom stereocenters. The van der Waals surface area contributed by atoms with Crippen molar-refractivity contribution in [2.75, 3.05) is 24.6 Å². The van der Waals surface area contributed by atoms with E-state index in [1.54, 1.807) is 0 Å². The van der Waals surface area contributed by atoms with E-state index in [0.29, 0.717) is 16.3 Å². The zero-order valence-corrected chi connectivity index (χ0v) is 11.0. The van der Waals surface area contributed by atoms with Crippen LogP contribution in [0.25, 0.3) is 0 Å². The molecule has 2 rings (SSSR count). The first-order valence-electron chi connectivity index (χ1n) is 5.78. The lowest BCUT2D eigenvalue weighted by molar-refractivity contribution is -0.115. The zero-order chi connectivity index (χ0) is 14.2. The van der Waals surface area contributed by atoms with Crippen LogP contribution in [0.15, 0.2) is 0 Å². The monoisotopic (exact) mass is 293 g/mol. The molecular formula is C11H14F3N3OS. The van der Waals surface area contributed by atoms with Crippen molar-refractivity contribution in [2.45, 2.75) is 24.9 Å². The molecule has 1 aliphatic rings. The second-order valence-corrected chi connectivity index (χ2v) is 5.43. The highest BCUT2D eigenvalue weighted by Crippen LogP contribution is 2.50. The van der Waals surface area contributed by atoms with Gasteiger partial charge in [0.1, 0.15) is 11.4 Å². The molecule has 1 aliphatic carbocycles. The third kappa shape index (κ3) is 3.12. The van der Waals surface area contributed by atoms with Gasteiger partial charge in [-0.25, -0.2) is 0 Å². The van der Waals surface area contributed by atoms with E-state index in [1.807, 2.05) is 0 Å². The number of alkyl halides is 3. The summed E-state index contributed by atoms with van der Waals surface area (Å²) in [6, 6.07) is 0. The maximum Gasteiger partial charge on any atom is 0.405 e. The molecule has 0 atom stereocenters. The van der Waals surface area contributed by atoms with Crippen LogP contribution in [0.1, 0.15) is 34.0 Å². The summed E-state index contributed by atoms with van der Waals surface area (Å²) in [5.41, 5.74) is 6.85. The van der Waals surface area contributed by atoms with Gasteiger partial charge in [-0.05, 0) is 18.8 Å². The molecule has 106 valence electrons. The summed E-state index contributed by atoms with van der Waals surface area (Å²) in [7, 11) is 1.46. The lowest BCUT2D eigenvalue weighted by Crippen LogP contribution is -2.21. The Morgan fingerprint density at radius 3 is 2.58 bits per heavy atom. The number of amides is 1. The Bertz CT molecular complexity index is 494. The van der Waals surface area contributed by atoms with Crippen molar-refractivity contribution < 1.29 is 18.0 Å². The fourth-order valence-corrected chi connectivity index (χ4v) is 2.98. The van der Waals surface area contributed by atoms with Gasteiger partial charge in [0.25, 0.3) is 5.91 Å². The van der Waals surface area contributed by atoms with Crippen molar-refractivity contribution in [1.82, 2.24) is 5.32 Å². The number of nitrogens with one attached hydrogen (secondary N) is 2. The highest BCUT2D eigenvalue weighted by Gasteiger charge is 2.34. The lowest BCUT2D eigenvalue weighted by atomic mass is 10.1. The highest BCUT2D eigenvalue weighted by molar-refractivity contribution is 7.18. The number of rotatable bonds is 4. The first-order valence-corrected chi connectivity index (χ1v) is 6.60. The molecule has 0 bridgehead atoms. The predicted octanol–water partition coefficient (Wildman–Crippen LogP) is 2.54. The van der Waals surface area contributed by atoms with Crippen LogP contribution in [0.5, 0.6) is 0 Å². The number of anilines is 2. The van der Waals surface area contributed by atoms with Gasteiger partial charge in [0, 0.05) is 12.6 Å². The van der Waals surface area contributed by atoms with E-state index in [1.165, 1.54) is 7.05 Å². The minimum absolute atomic E-state index is 0.172. The molecule has 0 saturated heterocycles. The Labute approximate surface area is 112 Å². The van der Waals surface area contributed by atoms with Crippen molar-refractivity contribution in [3.8, 4) is 0 Å². The molecule has 1 saturated carbocycles. The van der Waals surface area contributed by atoms with Gasteiger partial charge in [-0.1, -0.05) is 0 Å². The summed E-state index contributed by atoms with van der Waals surface area (Å²) in [5, 5.41) is 5.14. The third-order valence-electron chi connectivity index (χ3n) is 2.85. The second-order valence-electron chi connectivity index (χ2n) is 4.41. The quantitative estimate of drug-likeness (QED) is 0.799. The van der Waals surface area contributed by atoms with Gasteiger partial charge in [-0.3, -0.25) is 4.79 Å². The Morgan fingerprint density at radius 2 is 2.11 bits per heavy atom. The molecule has 0 aliphatic heterocycles. The van der Waals surface area contributed by atoms with Crippen molar-refractivity contribution in [1.29, 1.82) is 0 Å². The molecule has 4 N–H and O–H groups in total. The number of nitrogen functional groups attached to an aromatic ring is 1. The molecule has 1 aromatic rings. The van der Waals surface area contributed by atoms with Crippen molar-refractivity contribution >= 4 is 27.9 Å². The molecule has 0 radical (unpaired) electrons. The van der Waals surface area contributed by atoms with Gasteiger partial charge in [0.15, 0.2) is 0 Å². The fraction of sp³-hybridized carbons (Fsp3) is 0.545. The molecule has 0 spiro atoms. The number of hydrogen-bond acceptors (Lipinski definition) is 4. The predicted molar refractivity (Wildman–Crippen MR) is 68.6 cm³/mol. The van der Waals surface area contributed by atoms with Crippen LogP contribution >= 0.6 is 11.3 Å². The minimum atomic E-state index is -4.30. The van der Waals surface area contributed by atoms with Crippen LogP contribution in [0.3, 0.4) is 0 Å². The van der Waals surface area contributed by atoms with Gasteiger partial charge in [0.2, 0.25) is 0 Å². The largest absolute Gasteiger partial charge is 0.405 e. The summed E-state index contributed by atoms with van der Waals surface area (Å²) in [4.78, 5) is 11.9. The number of thiophene rings is 1. The number of halogens is 3. The maximum atomic E-state index is 12.3. The van der Waals surface area contributed by atoms with E-state index in [9.17, 15) is 18.0 Å². The molecule has 1 heterocycles. The average molecular weight is 293 g/mol. The van der Waals surface area contributed by atoms with Crippen LogP contribution in [0, 0.1) is 0 Å². The standard InChI is InChI=1S/C11H14F3N3OS/c1-16-9(18)8-7(15)6(5-2-3-5)10(19-8)17-4-11(12,13)14/h5,17H,2-4,15H2,1H3,(H,16,18). The van der Waals surface area contributed by atoms with Gasteiger partial charge in [-0.15, -0.1) is 11.3 Å². The van der Waals surface area contributed by atoms with E-state index in [0.717, 1.165) is 24.2 Å². The average Bonchev–Trinajstić information content (AvgIpc) is 3.09. The summed E-state index contributed by atoms with van der Waals surface area (Å²) in [6.07, 6.45) is -2.50. The lowest BCUT2D eigenvalue weighted by Gasteiger charge is -2.09. The Balaban J connectivity index is 2.28. The molecule has 1 aromatic heterocycles. The summed E-state index contributed by atoms with van der Waals surface area (Å²) >= 11 is 0.980. The number of carbonyl (C=O) groups excluding carboxylic acids is 1. The third-order valence-corrected chi connectivity index (χ3v) is 4.03. The van der Waals surface area contributed by atoms with E-state index in [-0.39, 0.29) is 16.7 Å². The normalized spacial score (nSPS) is 15.4. The van der Waals surface area contributed by atoms with E-state index >= 15 is 0 Å². The fourth-order valence-electron chi connectivity index (χ4n) is 1.83.